The summed E-state index contributed by atoms with van der Waals surface area (Å²) >= 11 is 0. The van der Waals surface area contributed by atoms with Gasteiger partial charge in [-0.15, -0.1) is 0 Å². The minimum atomic E-state index is -4.93. The molecule has 1 N–H and O–H groups in total. The van der Waals surface area contributed by atoms with Crippen LogP contribution in [0.25, 0.3) is 11.1 Å². The van der Waals surface area contributed by atoms with E-state index in [0.717, 1.165) is 24.3 Å². The lowest BCUT2D eigenvalue weighted by Crippen LogP contribution is -2.08. The highest BCUT2D eigenvalue weighted by molar-refractivity contribution is 5.89. The van der Waals surface area contributed by atoms with Crippen LogP contribution in [-0.4, -0.2) is 11.1 Å². The van der Waals surface area contributed by atoms with Crippen LogP contribution in [0.2, 0.25) is 0 Å². The van der Waals surface area contributed by atoms with Gasteiger partial charge in [0.1, 0.15) is 11.6 Å². The van der Waals surface area contributed by atoms with Crippen LogP contribution in [0.5, 0.6) is 0 Å². The van der Waals surface area contributed by atoms with Gasteiger partial charge in [-0.05, 0) is 35.9 Å². The van der Waals surface area contributed by atoms with Crippen LogP contribution in [-0.2, 0) is 6.18 Å². The predicted molar refractivity (Wildman–Crippen MR) is 63.8 cm³/mol. The van der Waals surface area contributed by atoms with Crippen molar-refractivity contribution in [2.45, 2.75) is 6.18 Å². The Labute approximate surface area is 115 Å². The number of hydrogen-bond acceptors (Lipinski definition) is 1. The zero-order valence-electron chi connectivity index (χ0n) is 10.2. The largest absolute Gasteiger partial charge is 0.478 e. The Balaban J connectivity index is 2.62. The van der Waals surface area contributed by atoms with Gasteiger partial charge in [-0.25, -0.2) is 13.6 Å². The summed E-state index contributed by atoms with van der Waals surface area (Å²) in [6.45, 7) is 0. The molecule has 110 valence electrons. The molecule has 0 aliphatic rings. The van der Waals surface area contributed by atoms with Gasteiger partial charge < -0.3 is 5.11 Å². The van der Waals surface area contributed by atoms with Gasteiger partial charge in [0.2, 0.25) is 0 Å². The maximum absolute atomic E-state index is 13.7. The third-order valence-electron chi connectivity index (χ3n) is 2.80. The molecule has 0 atom stereocenters. The van der Waals surface area contributed by atoms with Crippen LogP contribution in [0.3, 0.4) is 0 Å². The summed E-state index contributed by atoms with van der Waals surface area (Å²) < 4.78 is 64.7. The number of hydrogen-bond donors (Lipinski definition) is 1. The molecule has 0 saturated heterocycles. The molecule has 0 saturated carbocycles. The average molecular weight is 302 g/mol. The molecule has 0 bridgehead atoms. The summed E-state index contributed by atoms with van der Waals surface area (Å²) in [5, 5.41) is 8.81. The predicted octanol–water partition coefficient (Wildman–Crippen LogP) is 4.35. The van der Waals surface area contributed by atoms with E-state index in [9.17, 15) is 26.7 Å². The number of benzene rings is 2. The van der Waals surface area contributed by atoms with Gasteiger partial charge in [0.25, 0.3) is 0 Å². The van der Waals surface area contributed by atoms with E-state index in [4.69, 9.17) is 5.11 Å². The van der Waals surface area contributed by atoms with Crippen molar-refractivity contribution in [3.8, 4) is 11.1 Å². The Bertz CT molecular complexity index is 707. The highest BCUT2D eigenvalue weighted by Crippen LogP contribution is 2.35. The zero-order valence-corrected chi connectivity index (χ0v) is 10.2. The first-order chi connectivity index (χ1) is 9.70. The van der Waals surface area contributed by atoms with E-state index in [1.54, 1.807) is 0 Å². The van der Waals surface area contributed by atoms with Crippen LogP contribution in [0, 0.1) is 11.6 Å². The van der Waals surface area contributed by atoms with Crippen molar-refractivity contribution in [2.24, 2.45) is 0 Å². The molecular formula is C14H7F5O2. The number of halogens is 5. The van der Waals surface area contributed by atoms with Gasteiger partial charge in [0.05, 0.1) is 11.1 Å². The van der Waals surface area contributed by atoms with Crippen LogP contribution in [0.15, 0.2) is 36.4 Å². The SMILES string of the molecule is O=C(O)c1ccc(F)c(-c2ccc(F)c(C(F)(F)F)c2)c1. The van der Waals surface area contributed by atoms with Gasteiger partial charge >= 0.3 is 12.1 Å². The standard InChI is InChI=1S/C14H7F5O2/c15-11-3-2-8(13(20)21)5-9(11)7-1-4-12(16)10(6-7)14(17,18)19/h1-6H,(H,20,21). The number of alkyl halides is 3. The van der Waals surface area contributed by atoms with Crippen LogP contribution in [0.1, 0.15) is 15.9 Å². The second-order valence-electron chi connectivity index (χ2n) is 4.19. The van der Waals surface area contributed by atoms with E-state index >= 15 is 0 Å². The molecule has 0 aliphatic carbocycles. The second-order valence-corrected chi connectivity index (χ2v) is 4.19. The van der Waals surface area contributed by atoms with Gasteiger partial charge in [0, 0.05) is 5.56 Å². The molecule has 0 unspecified atom stereocenters. The van der Waals surface area contributed by atoms with Crippen LogP contribution in [0.4, 0.5) is 22.0 Å². The summed E-state index contributed by atoms with van der Waals surface area (Å²) in [5.41, 5.74) is -2.44. The van der Waals surface area contributed by atoms with E-state index < -0.39 is 29.3 Å². The van der Waals surface area contributed by atoms with Crippen molar-refractivity contribution in [3.05, 3.63) is 59.2 Å². The van der Waals surface area contributed by atoms with Gasteiger partial charge in [-0.1, -0.05) is 6.07 Å². The quantitative estimate of drug-likeness (QED) is 0.837. The molecule has 0 amide bonds. The Morgan fingerprint density at radius 2 is 1.57 bits per heavy atom. The number of aromatic carboxylic acids is 1. The summed E-state index contributed by atoms with van der Waals surface area (Å²) in [4.78, 5) is 10.8. The normalized spacial score (nSPS) is 11.5. The second kappa shape index (κ2) is 5.16. The van der Waals surface area contributed by atoms with Gasteiger partial charge in [-0.2, -0.15) is 13.2 Å². The molecule has 2 rings (SSSR count). The number of carbonyl (C=O) groups is 1. The monoisotopic (exact) mass is 302 g/mol. The van der Waals surface area contributed by atoms with E-state index in [0.29, 0.717) is 12.1 Å². The molecule has 0 heterocycles. The van der Waals surface area contributed by atoms with Crippen molar-refractivity contribution in [1.82, 2.24) is 0 Å². The lowest BCUT2D eigenvalue weighted by molar-refractivity contribution is -0.139. The van der Waals surface area contributed by atoms with Gasteiger partial charge in [0.15, 0.2) is 0 Å². The lowest BCUT2D eigenvalue weighted by atomic mass is 10.00. The fourth-order valence-electron chi connectivity index (χ4n) is 1.79. The number of rotatable bonds is 2. The van der Waals surface area contributed by atoms with E-state index in [2.05, 4.69) is 0 Å². The minimum absolute atomic E-state index is 0.260. The molecule has 0 aliphatic heterocycles. The third-order valence-corrected chi connectivity index (χ3v) is 2.80. The highest BCUT2D eigenvalue weighted by Gasteiger charge is 2.34. The first-order valence-electron chi connectivity index (χ1n) is 5.60. The molecule has 0 spiro atoms. The van der Waals surface area contributed by atoms with Crippen molar-refractivity contribution in [2.75, 3.05) is 0 Å². The molecule has 0 fully saturated rings. The molecule has 2 aromatic carbocycles. The summed E-state index contributed by atoms with van der Waals surface area (Å²) in [5.74, 6) is -3.74. The Hall–Kier alpha value is -2.44. The van der Waals surface area contributed by atoms with Crippen molar-refractivity contribution >= 4 is 5.97 Å². The van der Waals surface area contributed by atoms with Crippen molar-refractivity contribution in [3.63, 3.8) is 0 Å². The number of carboxylic acid groups (broad SMARTS) is 1. The zero-order chi connectivity index (χ0) is 15.8. The molecule has 0 radical (unpaired) electrons. The Morgan fingerprint density at radius 1 is 0.952 bits per heavy atom. The summed E-state index contributed by atoms with van der Waals surface area (Å²) in [6.07, 6.45) is -4.93. The van der Waals surface area contributed by atoms with E-state index in [-0.39, 0.29) is 16.7 Å². The van der Waals surface area contributed by atoms with Crippen LogP contribution < -0.4 is 0 Å². The molecule has 7 heteroatoms. The Kier molecular flexibility index (Phi) is 3.67. The summed E-state index contributed by atoms with van der Waals surface area (Å²) in [7, 11) is 0. The van der Waals surface area contributed by atoms with Crippen molar-refractivity contribution in [1.29, 1.82) is 0 Å². The van der Waals surface area contributed by atoms with Crippen LogP contribution >= 0.6 is 0 Å². The lowest BCUT2D eigenvalue weighted by Gasteiger charge is -2.11. The smallest absolute Gasteiger partial charge is 0.419 e. The maximum Gasteiger partial charge on any atom is 0.419 e. The van der Waals surface area contributed by atoms with Gasteiger partial charge in [-0.3, -0.25) is 0 Å². The summed E-state index contributed by atoms with van der Waals surface area (Å²) in [6, 6.07) is 4.66. The van der Waals surface area contributed by atoms with Crippen molar-refractivity contribution < 1.29 is 31.9 Å². The van der Waals surface area contributed by atoms with E-state index in [1.165, 1.54) is 0 Å². The maximum atomic E-state index is 13.7. The first-order valence-corrected chi connectivity index (χ1v) is 5.60. The molecular weight excluding hydrogens is 295 g/mol. The fraction of sp³-hybridized carbons (Fsp3) is 0.0714. The molecule has 2 aromatic rings. The highest BCUT2D eigenvalue weighted by atomic mass is 19.4. The number of carboxylic acids is 1. The topological polar surface area (TPSA) is 37.3 Å². The average Bonchev–Trinajstić information content (AvgIpc) is 2.38. The molecule has 21 heavy (non-hydrogen) atoms. The first kappa shape index (κ1) is 15.0. The minimum Gasteiger partial charge on any atom is -0.478 e. The molecule has 0 aromatic heterocycles. The Morgan fingerprint density at radius 3 is 2.14 bits per heavy atom. The van der Waals surface area contributed by atoms with E-state index in [1.807, 2.05) is 0 Å². The molecule has 2 nitrogen and oxygen atoms in total. The third kappa shape index (κ3) is 3.01. The fourth-order valence-corrected chi connectivity index (χ4v) is 1.79.